The molecule has 8 nitrogen and oxygen atoms in total. The number of nitrogens with two attached hydrogens (primary N) is 1. The van der Waals surface area contributed by atoms with Crippen molar-refractivity contribution in [3.63, 3.8) is 0 Å². The van der Waals surface area contributed by atoms with Gasteiger partial charge in [0.25, 0.3) is 0 Å². The van der Waals surface area contributed by atoms with Crippen molar-refractivity contribution >= 4 is 22.0 Å². The fraction of sp³-hybridized carbons (Fsp3) is 0.857. The number of hydrogen-bond acceptors (Lipinski definition) is 5. The van der Waals surface area contributed by atoms with E-state index in [9.17, 15) is 18.0 Å². The molecule has 0 aliphatic carbocycles. The summed E-state index contributed by atoms with van der Waals surface area (Å²) in [5.41, 5.74) is -0.577. The molecule has 2 heterocycles. The molecule has 2 rings (SSSR count). The van der Waals surface area contributed by atoms with Gasteiger partial charge in [-0.15, -0.1) is 0 Å². The lowest BCUT2D eigenvalue weighted by atomic mass is 10.2. The van der Waals surface area contributed by atoms with Crippen LogP contribution in [0, 0.1) is 0 Å². The summed E-state index contributed by atoms with van der Waals surface area (Å²) in [6.07, 6.45) is 1.13. The van der Waals surface area contributed by atoms with E-state index in [4.69, 9.17) is 9.88 Å². The fourth-order valence-corrected chi connectivity index (χ4v) is 3.74. The van der Waals surface area contributed by atoms with Gasteiger partial charge in [0.15, 0.2) is 0 Å². The second-order valence-electron chi connectivity index (χ2n) is 7.18. The van der Waals surface area contributed by atoms with Gasteiger partial charge >= 0.3 is 6.09 Å². The van der Waals surface area contributed by atoms with Gasteiger partial charge in [0, 0.05) is 26.1 Å². The van der Waals surface area contributed by atoms with Crippen molar-refractivity contribution in [3.8, 4) is 0 Å². The number of carbonyl (C=O) groups is 2. The Balaban J connectivity index is 1.99. The molecule has 2 atom stereocenters. The first-order chi connectivity index (χ1) is 10.5. The lowest BCUT2D eigenvalue weighted by Crippen LogP contribution is -2.46. The van der Waals surface area contributed by atoms with E-state index in [0.29, 0.717) is 13.1 Å². The lowest BCUT2D eigenvalue weighted by Gasteiger charge is -2.30. The van der Waals surface area contributed by atoms with Crippen molar-refractivity contribution in [2.75, 3.05) is 19.6 Å². The van der Waals surface area contributed by atoms with Gasteiger partial charge in [-0.25, -0.2) is 18.4 Å². The second kappa shape index (κ2) is 6.27. The van der Waals surface area contributed by atoms with E-state index in [0.717, 1.165) is 12.8 Å². The van der Waals surface area contributed by atoms with E-state index in [1.54, 1.807) is 25.7 Å². The number of nitrogens with zero attached hydrogens (tertiary/aromatic N) is 2. The molecule has 0 aromatic rings. The molecule has 2 saturated heterocycles. The van der Waals surface area contributed by atoms with Gasteiger partial charge < -0.3 is 14.5 Å². The van der Waals surface area contributed by atoms with E-state index < -0.39 is 27.0 Å². The molecule has 0 saturated carbocycles. The monoisotopic (exact) mass is 347 g/mol. The minimum Gasteiger partial charge on any atom is -0.444 e. The van der Waals surface area contributed by atoms with Gasteiger partial charge in [0.1, 0.15) is 10.9 Å². The highest BCUT2D eigenvalue weighted by Gasteiger charge is 2.40. The molecule has 0 aromatic carbocycles. The predicted octanol–water partition coefficient (Wildman–Crippen LogP) is 0.275. The maximum absolute atomic E-state index is 12.2. The van der Waals surface area contributed by atoms with Crippen LogP contribution in [0.2, 0.25) is 0 Å². The normalized spacial score (nSPS) is 26.0. The van der Waals surface area contributed by atoms with Crippen LogP contribution in [0.1, 0.15) is 40.0 Å². The minimum atomic E-state index is -3.72. The average molecular weight is 347 g/mol. The number of ether oxygens (including phenoxy) is 1. The number of carbonyl (C=O) groups excluding carboxylic acids is 2. The van der Waals surface area contributed by atoms with Crippen LogP contribution in [0.5, 0.6) is 0 Å². The topological polar surface area (TPSA) is 110 Å². The minimum absolute atomic E-state index is 0.0853. The van der Waals surface area contributed by atoms with Crippen LogP contribution < -0.4 is 5.14 Å². The molecule has 23 heavy (non-hydrogen) atoms. The summed E-state index contributed by atoms with van der Waals surface area (Å²) in [6, 6.07) is -0.145. The zero-order chi connectivity index (χ0) is 17.4. The lowest BCUT2D eigenvalue weighted by molar-refractivity contribution is -0.128. The molecule has 0 spiro atoms. The molecule has 2 fully saturated rings. The van der Waals surface area contributed by atoms with Crippen molar-refractivity contribution in [3.05, 3.63) is 0 Å². The van der Waals surface area contributed by atoms with Crippen LogP contribution >= 0.6 is 0 Å². The quantitative estimate of drug-likeness (QED) is 0.788. The number of primary sulfonamides is 1. The van der Waals surface area contributed by atoms with Crippen molar-refractivity contribution in [2.24, 2.45) is 5.14 Å². The zero-order valence-electron chi connectivity index (χ0n) is 13.8. The summed E-state index contributed by atoms with van der Waals surface area (Å²) in [5, 5.41) is 4.27. The maximum atomic E-state index is 12.2. The van der Waals surface area contributed by atoms with Gasteiger partial charge in [-0.3, -0.25) is 4.79 Å². The van der Waals surface area contributed by atoms with Crippen LogP contribution in [0.15, 0.2) is 0 Å². The summed E-state index contributed by atoms with van der Waals surface area (Å²) in [4.78, 5) is 27.3. The molecule has 132 valence electrons. The zero-order valence-corrected chi connectivity index (χ0v) is 14.6. The molecule has 1 unspecified atom stereocenters. The summed E-state index contributed by atoms with van der Waals surface area (Å²) < 4.78 is 28.2. The first-order valence-corrected chi connectivity index (χ1v) is 9.37. The number of sulfonamides is 1. The largest absolute Gasteiger partial charge is 0.444 e. The van der Waals surface area contributed by atoms with Crippen LogP contribution in [-0.4, -0.2) is 66.7 Å². The van der Waals surface area contributed by atoms with Crippen LogP contribution in [0.4, 0.5) is 4.79 Å². The smallest absolute Gasteiger partial charge is 0.410 e. The number of amides is 2. The summed E-state index contributed by atoms with van der Waals surface area (Å²) >= 11 is 0. The molecule has 0 radical (unpaired) electrons. The van der Waals surface area contributed by atoms with Gasteiger partial charge in [-0.05, 0) is 33.6 Å². The van der Waals surface area contributed by atoms with E-state index in [1.807, 2.05) is 0 Å². The molecular formula is C14H25N3O5S. The second-order valence-corrected chi connectivity index (χ2v) is 9.03. The van der Waals surface area contributed by atoms with Crippen molar-refractivity contribution in [2.45, 2.75) is 56.9 Å². The molecule has 9 heteroatoms. The molecule has 2 aliphatic rings. The highest BCUT2D eigenvalue weighted by molar-refractivity contribution is 7.89. The van der Waals surface area contributed by atoms with Crippen molar-refractivity contribution < 1.29 is 22.7 Å². The Hall–Kier alpha value is -1.35. The van der Waals surface area contributed by atoms with Crippen LogP contribution in [-0.2, 0) is 19.6 Å². The van der Waals surface area contributed by atoms with Crippen molar-refractivity contribution in [1.82, 2.24) is 9.80 Å². The molecule has 0 bridgehead atoms. The van der Waals surface area contributed by atoms with E-state index in [1.165, 1.54) is 4.90 Å². The summed E-state index contributed by atoms with van der Waals surface area (Å²) in [5.74, 6) is -0.236. The molecule has 2 N–H and O–H groups in total. The first-order valence-electron chi connectivity index (χ1n) is 7.76. The Morgan fingerprint density at radius 3 is 2.57 bits per heavy atom. The molecule has 2 amide bonds. The standard InChI is InChI=1S/C14H25N3O5S/c1-14(2,3)22-13(19)17-6-4-5-10(17)8-16-9-11(7-12(16)18)23(15,20)21/h10-11H,4-9H2,1-3H3,(H2,15,20,21)/t10-,11?/m1/s1. The maximum Gasteiger partial charge on any atom is 0.410 e. The SMILES string of the molecule is CC(C)(C)OC(=O)N1CCC[C@@H]1CN1CC(S(N)(=O)=O)CC1=O. The Morgan fingerprint density at radius 1 is 1.39 bits per heavy atom. The van der Waals surface area contributed by atoms with Gasteiger partial charge in [-0.2, -0.15) is 0 Å². The van der Waals surface area contributed by atoms with E-state index in [2.05, 4.69) is 0 Å². The van der Waals surface area contributed by atoms with Gasteiger partial charge in [0.05, 0.1) is 6.04 Å². The third-order valence-corrected chi connectivity index (χ3v) is 5.32. The van der Waals surface area contributed by atoms with Crippen LogP contribution in [0.3, 0.4) is 0 Å². The fourth-order valence-electron chi connectivity index (χ4n) is 2.97. The summed E-state index contributed by atoms with van der Waals surface area (Å²) in [6.45, 7) is 6.41. The Labute approximate surface area is 137 Å². The Kier molecular flexibility index (Phi) is 4.91. The first kappa shape index (κ1) is 18.0. The number of rotatable bonds is 3. The molecular weight excluding hydrogens is 322 g/mol. The Bertz CT molecular complexity index is 584. The van der Waals surface area contributed by atoms with Crippen molar-refractivity contribution in [1.29, 1.82) is 0 Å². The third-order valence-electron chi connectivity index (χ3n) is 4.08. The average Bonchev–Trinajstić information content (AvgIpc) is 2.95. The third kappa shape index (κ3) is 4.57. The van der Waals surface area contributed by atoms with Gasteiger partial charge in [-0.1, -0.05) is 0 Å². The van der Waals surface area contributed by atoms with E-state index >= 15 is 0 Å². The molecule has 2 aliphatic heterocycles. The predicted molar refractivity (Wildman–Crippen MR) is 84.1 cm³/mol. The highest BCUT2D eigenvalue weighted by atomic mass is 32.2. The van der Waals surface area contributed by atoms with Gasteiger partial charge in [0.2, 0.25) is 15.9 Å². The number of hydrogen-bond donors (Lipinski definition) is 1. The highest BCUT2D eigenvalue weighted by Crippen LogP contribution is 2.24. The van der Waals surface area contributed by atoms with E-state index in [-0.39, 0.29) is 24.9 Å². The Morgan fingerprint density at radius 2 is 2.04 bits per heavy atom. The number of likely N-dealkylation sites (tertiary alicyclic amines) is 2. The molecule has 0 aromatic heterocycles. The van der Waals surface area contributed by atoms with Crippen LogP contribution in [0.25, 0.3) is 0 Å². The summed E-state index contributed by atoms with van der Waals surface area (Å²) in [7, 11) is -3.72.